The highest BCUT2D eigenvalue weighted by atomic mass is 16.5. The molecule has 0 bridgehead atoms. The minimum absolute atomic E-state index is 0.0534. The largest absolute Gasteiger partial charge is 0.508 e. The van der Waals surface area contributed by atoms with Crippen LogP contribution in [0.4, 0.5) is 0 Å². The maximum Gasteiger partial charge on any atom is 0.168 e. The van der Waals surface area contributed by atoms with Crippen molar-refractivity contribution in [1.29, 1.82) is 0 Å². The molecule has 3 aromatic rings. The Morgan fingerprint density at radius 3 is 2.88 bits per heavy atom. The van der Waals surface area contributed by atoms with E-state index in [1.807, 2.05) is 25.1 Å². The lowest BCUT2D eigenvalue weighted by molar-refractivity contribution is -0.0862. The standard InChI is InChI=1S/C20H16O5/c1-10(2)16-8-13-15(24-16)6-5-14-18(13)25-19-12-4-3-11(21)7-17(12)23-9-20(14,19)22/h3-8,19,21-22H,1,9H2,2H3/t19-,20+/m1/s1. The predicted molar refractivity (Wildman–Crippen MR) is 91.8 cm³/mol. The lowest BCUT2D eigenvalue weighted by Crippen LogP contribution is -2.41. The van der Waals surface area contributed by atoms with Crippen molar-refractivity contribution >= 4 is 16.5 Å². The first kappa shape index (κ1) is 14.4. The van der Waals surface area contributed by atoms with Crippen LogP contribution in [-0.2, 0) is 5.60 Å². The van der Waals surface area contributed by atoms with Crippen LogP contribution in [0.5, 0.6) is 17.2 Å². The van der Waals surface area contributed by atoms with Crippen molar-refractivity contribution in [3.05, 3.63) is 59.9 Å². The molecule has 3 heterocycles. The van der Waals surface area contributed by atoms with Crippen molar-refractivity contribution in [3.8, 4) is 17.2 Å². The second kappa shape index (κ2) is 4.58. The van der Waals surface area contributed by atoms with E-state index in [0.717, 1.165) is 11.0 Å². The van der Waals surface area contributed by atoms with Gasteiger partial charge in [0.2, 0.25) is 0 Å². The molecule has 0 saturated carbocycles. The Balaban J connectivity index is 1.71. The zero-order valence-electron chi connectivity index (χ0n) is 13.6. The average molecular weight is 336 g/mol. The van der Waals surface area contributed by atoms with Crippen molar-refractivity contribution in [3.63, 3.8) is 0 Å². The molecule has 0 spiro atoms. The third-order valence-corrected chi connectivity index (χ3v) is 4.94. The van der Waals surface area contributed by atoms with Gasteiger partial charge in [-0.2, -0.15) is 0 Å². The molecule has 126 valence electrons. The first-order valence-corrected chi connectivity index (χ1v) is 8.05. The van der Waals surface area contributed by atoms with Crippen molar-refractivity contribution in [2.24, 2.45) is 0 Å². The molecule has 5 rings (SSSR count). The number of benzene rings is 2. The van der Waals surface area contributed by atoms with Gasteiger partial charge in [-0.25, -0.2) is 0 Å². The fraction of sp³-hybridized carbons (Fsp3) is 0.200. The maximum absolute atomic E-state index is 11.3. The normalized spacial score (nSPS) is 23.4. The van der Waals surface area contributed by atoms with Gasteiger partial charge in [0.1, 0.15) is 35.2 Å². The van der Waals surface area contributed by atoms with E-state index in [1.54, 1.807) is 12.1 Å². The van der Waals surface area contributed by atoms with Crippen LogP contribution in [0.3, 0.4) is 0 Å². The van der Waals surface area contributed by atoms with Gasteiger partial charge < -0.3 is 24.1 Å². The molecule has 0 saturated heterocycles. The average Bonchev–Trinajstić information content (AvgIpc) is 3.14. The van der Waals surface area contributed by atoms with Crippen LogP contribution in [0, 0.1) is 0 Å². The smallest absolute Gasteiger partial charge is 0.168 e. The molecule has 0 aliphatic carbocycles. The molecule has 0 unspecified atom stereocenters. The Kier molecular flexibility index (Phi) is 2.64. The van der Waals surface area contributed by atoms with E-state index < -0.39 is 11.7 Å². The summed E-state index contributed by atoms with van der Waals surface area (Å²) in [5, 5.41) is 21.8. The lowest BCUT2D eigenvalue weighted by atomic mass is 9.84. The van der Waals surface area contributed by atoms with E-state index in [4.69, 9.17) is 13.9 Å². The summed E-state index contributed by atoms with van der Waals surface area (Å²) in [5.41, 5.74) is 1.61. The number of phenols is 1. The van der Waals surface area contributed by atoms with E-state index in [2.05, 4.69) is 6.58 Å². The number of rotatable bonds is 1. The van der Waals surface area contributed by atoms with Gasteiger partial charge in [0.25, 0.3) is 0 Å². The molecule has 2 aliphatic rings. The third kappa shape index (κ3) is 1.81. The Labute approximate surface area is 143 Å². The summed E-state index contributed by atoms with van der Waals surface area (Å²) >= 11 is 0. The molecule has 0 radical (unpaired) electrons. The molecule has 25 heavy (non-hydrogen) atoms. The third-order valence-electron chi connectivity index (χ3n) is 4.94. The number of fused-ring (bicyclic) bond motifs is 7. The van der Waals surface area contributed by atoms with Crippen LogP contribution in [0.15, 0.2) is 47.4 Å². The second-order valence-corrected chi connectivity index (χ2v) is 6.68. The molecule has 5 nitrogen and oxygen atoms in total. The van der Waals surface area contributed by atoms with Crippen molar-refractivity contribution < 1.29 is 24.1 Å². The number of allylic oxidation sites excluding steroid dienone is 1. The van der Waals surface area contributed by atoms with E-state index >= 15 is 0 Å². The van der Waals surface area contributed by atoms with E-state index in [0.29, 0.717) is 34.0 Å². The highest BCUT2D eigenvalue weighted by molar-refractivity contribution is 5.89. The quantitative estimate of drug-likeness (QED) is 0.705. The topological polar surface area (TPSA) is 72.1 Å². The summed E-state index contributed by atoms with van der Waals surface area (Å²) in [7, 11) is 0. The Morgan fingerprint density at radius 1 is 1.24 bits per heavy atom. The van der Waals surface area contributed by atoms with Crippen LogP contribution in [0.25, 0.3) is 16.5 Å². The monoisotopic (exact) mass is 336 g/mol. The molecule has 2 aromatic carbocycles. The lowest BCUT2D eigenvalue weighted by Gasteiger charge is -2.34. The highest BCUT2D eigenvalue weighted by Gasteiger charge is 2.53. The highest BCUT2D eigenvalue weighted by Crippen LogP contribution is 2.56. The van der Waals surface area contributed by atoms with Gasteiger partial charge in [0, 0.05) is 17.2 Å². The molecule has 0 amide bonds. The first-order chi connectivity index (χ1) is 12.0. The van der Waals surface area contributed by atoms with E-state index in [-0.39, 0.29) is 12.4 Å². The van der Waals surface area contributed by atoms with Crippen LogP contribution in [-0.4, -0.2) is 16.8 Å². The van der Waals surface area contributed by atoms with E-state index in [1.165, 1.54) is 6.07 Å². The molecule has 2 aliphatic heterocycles. The van der Waals surface area contributed by atoms with Gasteiger partial charge in [0.05, 0.1) is 5.39 Å². The SMILES string of the molecule is C=C(C)c1cc2c3c(ccc2o1)[C@@]1(O)COc2cc(O)ccc2[C@H]1O3. The number of aromatic hydroxyl groups is 1. The van der Waals surface area contributed by atoms with Gasteiger partial charge in [-0.15, -0.1) is 0 Å². The van der Waals surface area contributed by atoms with Crippen LogP contribution in [0.2, 0.25) is 0 Å². The van der Waals surface area contributed by atoms with Crippen LogP contribution >= 0.6 is 0 Å². The molecule has 1 aromatic heterocycles. The zero-order chi connectivity index (χ0) is 17.3. The van der Waals surface area contributed by atoms with Crippen LogP contribution < -0.4 is 9.47 Å². The summed E-state index contributed by atoms with van der Waals surface area (Å²) in [6, 6.07) is 10.3. The van der Waals surface area contributed by atoms with Gasteiger partial charge in [-0.05, 0) is 42.8 Å². The molecule has 2 atom stereocenters. The van der Waals surface area contributed by atoms with Gasteiger partial charge in [0.15, 0.2) is 11.7 Å². The maximum atomic E-state index is 11.3. The summed E-state index contributed by atoms with van der Waals surface area (Å²) in [6.07, 6.45) is -0.597. The second-order valence-electron chi connectivity index (χ2n) is 6.68. The number of hydrogen-bond acceptors (Lipinski definition) is 5. The molecular formula is C20H16O5. The Hall–Kier alpha value is -2.92. The summed E-state index contributed by atoms with van der Waals surface area (Å²) in [6.45, 7) is 5.84. The Bertz CT molecular complexity index is 1050. The Morgan fingerprint density at radius 2 is 2.08 bits per heavy atom. The van der Waals surface area contributed by atoms with Gasteiger partial charge in [-0.1, -0.05) is 6.58 Å². The van der Waals surface area contributed by atoms with Gasteiger partial charge >= 0.3 is 0 Å². The van der Waals surface area contributed by atoms with Crippen molar-refractivity contribution in [2.45, 2.75) is 18.6 Å². The first-order valence-electron chi connectivity index (χ1n) is 8.05. The fourth-order valence-electron chi connectivity index (χ4n) is 3.65. The predicted octanol–water partition coefficient (Wildman–Crippen LogP) is 3.89. The van der Waals surface area contributed by atoms with Crippen molar-refractivity contribution in [1.82, 2.24) is 0 Å². The summed E-state index contributed by atoms with van der Waals surface area (Å²) in [5.74, 6) is 1.93. The minimum atomic E-state index is -1.28. The summed E-state index contributed by atoms with van der Waals surface area (Å²) < 4.78 is 17.7. The number of aliphatic hydroxyl groups is 1. The fourth-order valence-corrected chi connectivity index (χ4v) is 3.65. The minimum Gasteiger partial charge on any atom is -0.508 e. The van der Waals surface area contributed by atoms with E-state index in [9.17, 15) is 10.2 Å². The molecule has 5 heteroatoms. The van der Waals surface area contributed by atoms with Crippen molar-refractivity contribution in [2.75, 3.05) is 6.61 Å². The number of hydrogen-bond donors (Lipinski definition) is 2. The zero-order valence-corrected chi connectivity index (χ0v) is 13.6. The molecule has 0 fully saturated rings. The number of ether oxygens (including phenoxy) is 2. The van der Waals surface area contributed by atoms with Crippen LogP contribution in [0.1, 0.15) is 29.9 Å². The number of phenolic OH excluding ortho intramolecular Hbond substituents is 1. The summed E-state index contributed by atoms with van der Waals surface area (Å²) in [4.78, 5) is 0. The number of furan rings is 1. The van der Waals surface area contributed by atoms with Gasteiger partial charge in [-0.3, -0.25) is 0 Å². The molecule has 2 N–H and O–H groups in total. The molecular weight excluding hydrogens is 320 g/mol.